The molecule has 1 N–H and O–H groups in total. The summed E-state index contributed by atoms with van der Waals surface area (Å²) in [6.45, 7) is 0.431. The topological polar surface area (TPSA) is 85.6 Å². The molecule has 7 nitrogen and oxygen atoms in total. The van der Waals surface area contributed by atoms with Crippen LogP contribution in [0.15, 0.2) is 72.9 Å². The fraction of sp³-hybridized carbons (Fsp3) is 0.167. The van der Waals surface area contributed by atoms with E-state index in [1.165, 1.54) is 0 Å². The second-order valence-corrected chi connectivity index (χ2v) is 7.43. The highest BCUT2D eigenvalue weighted by atomic mass is 16.5. The van der Waals surface area contributed by atoms with Crippen molar-refractivity contribution < 1.29 is 14.3 Å². The number of benzene rings is 2. The van der Waals surface area contributed by atoms with Gasteiger partial charge in [0.25, 0.3) is 5.91 Å². The summed E-state index contributed by atoms with van der Waals surface area (Å²) >= 11 is 0. The van der Waals surface area contributed by atoms with E-state index in [0.717, 1.165) is 22.6 Å². The van der Waals surface area contributed by atoms with Gasteiger partial charge in [-0.2, -0.15) is 0 Å². The number of pyridine rings is 1. The molecule has 1 aliphatic heterocycles. The smallest absolute Gasteiger partial charge is 0.339 e. The van der Waals surface area contributed by atoms with Crippen LogP contribution in [-0.2, 0) is 17.6 Å². The van der Waals surface area contributed by atoms with Crippen molar-refractivity contribution in [3.05, 3.63) is 101 Å². The predicted octanol–water partition coefficient (Wildman–Crippen LogP) is 3.16. The molecular formula is C24H20N4O3. The minimum absolute atomic E-state index is 0.188. The Labute approximate surface area is 178 Å². The molecule has 0 spiro atoms. The number of nitrogens with zero attached hydrogens (tertiary/aromatic N) is 3. The van der Waals surface area contributed by atoms with Gasteiger partial charge >= 0.3 is 5.97 Å². The zero-order valence-electron chi connectivity index (χ0n) is 16.7. The molecule has 31 heavy (non-hydrogen) atoms. The maximum absolute atomic E-state index is 12.7. The molecule has 0 saturated heterocycles. The number of cyclic esters (lactones) is 1. The summed E-state index contributed by atoms with van der Waals surface area (Å²) in [7, 11) is 0. The molecule has 1 atom stereocenters. The van der Waals surface area contributed by atoms with E-state index in [9.17, 15) is 9.59 Å². The summed E-state index contributed by atoms with van der Waals surface area (Å²) in [4.78, 5) is 25.1. The van der Waals surface area contributed by atoms with E-state index < -0.39 is 0 Å². The van der Waals surface area contributed by atoms with E-state index in [0.29, 0.717) is 30.5 Å². The SMILES string of the molecule is O=C(NCCc1nnc2ccccn12)c1ccc2c(c1)C[C@@H](c1ccccc1)OC2=O. The molecule has 1 amide bonds. The summed E-state index contributed by atoms with van der Waals surface area (Å²) in [6.07, 6.45) is 2.65. The fourth-order valence-electron chi connectivity index (χ4n) is 3.84. The first-order chi connectivity index (χ1) is 15.2. The Hall–Kier alpha value is -4.00. The third-order valence-electron chi connectivity index (χ3n) is 5.43. The average Bonchev–Trinajstić information content (AvgIpc) is 3.22. The zero-order chi connectivity index (χ0) is 21.2. The molecule has 0 saturated carbocycles. The molecule has 7 heteroatoms. The maximum atomic E-state index is 12.7. The molecule has 1 aliphatic rings. The quantitative estimate of drug-likeness (QED) is 0.509. The van der Waals surface area contributed by atoms with E-state index >= 15 is 0 Å². The van der Waals surface area contributed by atoms with Gasteiger partial charge in [-0.15, -0.1) is 10.2 Å². The number of aromatic nitrogens is 3. The van der Waals surface area contributed by atoms with Crippen molar-refractivity contribution in [3.8, 4) is 0 Å². The Morgan fingerprint density at radius 2 is 1.90 bits per heavy atom. The van der Waals surface area contributed by atoms with E-state index in [4.69, 9.17) is 4.74 Å². The first-order valence-corrected chi connectivity index (χ1v) is 10.1. The van der Waals surface area contributed by atoms with Crippen LogP contribution in [0, 0.1) is 0 Å². The van der Waals surface area contributed by atoms with Gasteiger partial charge in [-0.1, -0.05) is 36.4 Å². The van der Waals surface area contributed by atoms with Gasteiger partial charge < -0.3 is 10.1 Å². The number of fused-ring (bicyclic) bond motifs is 2. The zero-order valence-corrected chi connectivity index (χ0v) is 16.7. The lowest BCUT2D eigenvalue weighted by Crippen LogP contribution is -2.27. The van der Waals surface area contributed by atoms with Gasteiger partial charge in [0.05, 0.1) is 5.56 Å². The lowest BCUT2D eigenvalue weighted by molar-refractivity contribution is 0.0252. The molecule has 0 radical (unpaired) electrons. The van der Waals surface area contributed by atoms with Gasteiger partial charge in [-0.05, 0) is 41.5 Å². The molecule has 0 bridgehead atoms. The lowest BCUT2D eigenvalue weighted by atomic mass is 9.93. The Morgan fingerprint density at radius 1 is 1.06 bits per heavy atom. The molecule has 0 aliphatic carbocycles. The summed E-state index contributed by atoms with van der Waals surface area (Å²) in [5.74, 6) is 0.238. The standard InChI is InChI=1S/C24H20N4O3/c29-23(25-12-11-22-27-26-21-8-4-5-13-28(21)22)17-9-10-19-18(14-17)15-20(31-24(19)30)16-6-2-1-3-7-16/h1-10,13-14,20H,11-12,15H2,(H,25,29)/t20-/m0/s1. The highest BCUT2D eigenvalue weighted by Gasteiger charge is 2.28. The Bertz CT molecular complexity index is 1270. The van der Waals surface area contributed by atoms with Crippen LogP contribution in [0.25, 0.3) is 5.65 Å². The Morgan fingerprint density at radius 3 is 2.77 bits per heavy atom. The van der Waals surface area contributed by atoms with Crippen LogP contribution in [0.3, 0.4) is 0 Å². The van der Waals surface area contributed by atoms with Crippen molar-refractivity contribution in [2.75, 3.05) is 6.54 Å². The largest absolute Gasteiger partial charge is 0.454 e. The lowest BCUT2D eigenvalue weighted by Gasteiger charge is -2.25. The third kappa shape index (κ3) is 3.77. The van der Waals surface area contributed by atoms with Gasteiger partial charge in [-0.25, -0.2) is 4.79 Å². The summed E-state index contributed by atoms with van der Waals surface area (Å²) in [6, 6.07) is 20.5. The highest BCUT2D eigenvalue weighted by Crippen LogP contribution is 2.31. The van der Waals surface area contributed by atoms with Crippen LogP contribution in [0.1, 0.15) is 43.8 Å². The monoisotopic (exact) mass is 412 g/mol. The van der Waals surface area contributed by atoms with Crippen molar-refractivity contribution in [2.24, 2.45) is 0 Å². The number of nitrogens with one attached hydrogen (secondary N) is 1. The predicted molar refractivity (Wildman–Crippen MR) is 114 cm³/mol. The summed E-state index contributed by atoms with van der Waals surface area (Å²) in [5, 5.41) is 11.2. The first kappa shape index (κ1) is 19.0. The molecule has 0 fully saturated rings. The van der Waals surface area contributed by atoms with Crippen LogP contribution in [0.4, 0.5) is 0 Å². The van der Waals surface area contributed by atoms with E-state index in [-0.39, 0.29) is 18.0 Å². The summed E-state index contributed by atoms with van der Waals surface area (Å²) in [5.41, 5.74) is 3.57. The number of ether oxygens (including phenoxy) is 1. The van der Waals surface area contributed by atoms with Gasteiger partial charge in [0.2, 0.25) is 0 Å². The minimum Gasteiger partial charge on any atom is -0.454 e. The summed E-state index contributed by atoms with van der Waals surface area (Å²) < 4.78 is 7.49. The van der Waals surface area contributed by atoms with Crippen molar-refractivity contribution >= 4 is 17.5 Å². The van der Waals surface area contributed by atoms with E-state index in [2.05, 4.69) is 15.5 Å². The second kappa shape index (κ2) is 8.02. The molecule has 0 unspecified atom stereocenters. The second-order valence-electron chi connectivity index (χ2n) is 7.43. The van der Waals surface area contributed by atoms with Gasteiger partial charge in [0, 0.05) is 31.1 Å². The molecule has 154 valence electrons. The number of amides is 1. The van der Waals surface area contributed by atoms with Crippen LogP contribution in [0.5, 0.6) is 0 Å². The third-order valence-corrected chi connectivity index (χ3v) is 5.43. The first-order valence-electron chi connectivity index (χ1n) is 10.1. The normalized spacial score (nSPS) is 15.4. The molecule has 3 heterocycles. The molecule has 4 aromatic rings. The van der Waals surface area contributed by atoms with Crippen molar-refractivity contribution in [3.63, 3.8) is 0 Å². The van der Waals surface area contributed by atoms with Crippen molar-refractivity contribution in [1.82, 2.24) is 19.9 Å². The van der Waals surface area contributed by atoms with Gasteiger partial charge in [-0.3, -0.25) is 9.20 Å². The number of esters is 1. The molecule has 2 aromatic heterocycles. The van der Waals surface area contributed by atoms with Crippen LogP contribution in [0.2, 0.25) is 0 Å². The average molecular weight is 412 g/mol. The van der Waals surface area contributed by atoms with Crippen LogP contribution < -0.4 is 5.32 Å². The van der Waals surface area contributed by atoms with Crippen molar-refractivity contribution in [2.45, 2.75) is 18.9 Å². The molecule has 2 aromatic carbocycles. The Balaban J connectivity index is 1.28. The highest BCUT2D eigenvalue weighted by molar-refractivity contribution is 5.97. The number of rotatable bonds is 5. The number of carbonyl (C=O) groups excluding carboxylic acids is 2. The minimum atomic E-state index is -0.360. The van der Waals surface area contributed by atoms with Gasteiger partial charge in [0.1, 0.15) is 11.9 Å². The molecule has 5 rings (SSSR count). The van der Waals surface area contributed by atoms with Crippen LogP contribution >= 0.6 is 0 Å². The number of hydrogen-bond donors (Lipinski definition) is 1. The van der Waals surface area contributed by atoms with E-state index in [1.807, 2.05) is 59.1 Å². The molecular weight excluding hydrogens is 392 g/mol. The number of hydrogen-bond acceptors (Lipinski definition) is 5. The van der Waals surface area contributed by atoms with Gasteiger partial charge in [0.15, 0.2) is 5.65 Å². The van der Waals surface area contributed by atoms with Crippen molar-refractivity contribution in [1.29, 1.82) is 0 Å². The van der Waals surface area contributed by atoms with Crippen LogP contribution in [-0.4, -0.2) is 33.0 Å². The van der Waals surface area contributed by atoms with E-state index in [1.54, 1.807) is 18.2 Å². The maximum Gasteiger partial charge on any atom is 0.339 e. The fourth-order valence-corrected chi connectivity index (χ4v) is 3.84. The Kier molecular flexibility index (Phi) is 4.92. The number of carbonyl (C=O) groups is 2.